The van der Waals surface area contributed by atoms with Gasteiger partial charge in [-0.1, -0.05) is 18.2 Å². The summed E-state index contributed by atoms with van der Waals surface area (Å²) in [4.78, 5) is 15.4. The van der Waals surface area contributed by atoms with Crippen molar-refractivity contribution in [2.24, 2.45) is 0 Å². The standard InChI is InChI=1S/C31H28F6N2O3/c1-41-29(40)21-9-3-2-8-20(21)28-22-12-18-6-4-10-38(16-30(32,33)34)24(18)14-26(22)42-27-15-25-19(13-23(27)28)7-5-11-39(25)17-31(35,36)37/h2-3,8-9,12-15,28H,4-7,10-11,16-17H2,1H3. The third-order valence-corrected chi connectivity index (χ3v) is 8.11. The molecule has 11 heteroatoms. The van der Waals surface area contributed by atoms with E-state index in [-0.39, 0.29) is 13.1 Å². The Kier molecular flexibility index (Phi) is 7.01. The van der Waals surface area contributed by atoms with E-state index in [0.29, 0.717) is 70.8 Å². The van der Waals surface area contributed by atoms with Gasteiger partial charge in [0.1, 0.15) is 24.6 Å². The van der Waals surface area contributed by atoms with Gasteiger partial charge in [-0.25, -0.2) is 4.79 Å². The summed E-state index contributed by atoms with van der Waals surface area (Å²) in [6.07, 6.45) is -6.56. The monoisotopic (exact) mass is 590 g/mol. The van der Waals surface area contributed by atoms with Crippen molar-refractivity contribution in [2.75, 3.05) is 43.1 Å². The lowest BCUT2D eigenvalue weighted by Crippen LogP contribution is -2.38. The normalized spacial score (nSPS) is 16.6. The summed E-state index contributed by atoms with van der Waals surface area (Å²) in [6, 6.07) is 13.8. The molecule has 0 fully saturated rings. The first-order chi connectivity index (χ1) is 19.9. The number of hydrogen-bond donors (Lipinski definition) is 0. The molecule has 3 aromatic carbocycles. The highest BCUT2D eigenvalue weighted by molar-refractivity contribution is 5.92. The molecule has 0 atom stereocenters. The van der Waals surface area contributed by atoms with Gasteiger partial charge in [-0.3, -0.25) is 0 Å². The number of halogens is 6. The van der Waals surface area contributed by atoms with E-state index in [1.165, 1.54) is 16.9 Å². The molecule has 222 valence electrons. The van der Waals surface area contributed by atoms with Crippen molar-refractivity contribution in [3.8, 4) is 11.5 Å². The van der Waals surface area contributed by atoms with Gasteiger partial charge in [0.2, 0.25) is 0 Å². The molecule has 0 bridgehead atoms. The van der Waals surface area contributed by atoms with Gasteiger partial charge in [0.05, 0.1) is 12.7 Å². The summed E-state index contributed by atoms with van der Waals surface area (Å²) < 4.78 is 91.9. The molecule has 0 radical (unpaired) electrons. The number of fused-ring (bicyclic) bond motifs is 4. The van der Waals surface area contributed by atoms with Crippen molar-refractivity contribution in [3.05, 3.63) is 81.9 Å². The molecule has 3 aliphatic rings. The van der Waals surface area contributed by atoms with Gasteiger partial charge < -0.3 is 19.3 Å². The van der Waals surface area contributed by atoms with Crippen LogP contribution in [-0.2, 0) is 17.6 Å². The zero-order valence-corrected chi connectivity index (χ0v) is 22.7. The lowest BCUT2D eigenvalue weighted by Gasteiger charge is -2.37. The van der Waals surface area contributed by atoms with Crippen LogP contribution in [0.2, 0.25) is 0 Å². The molecule has 3 aliphatic heterocycles. The van der Waals surface area contributed by atoms with Crippen LogP contribution in [-0.4, -0.2) is 51.6 Å². The van der Waals surface area contributed by atoms with E-state index in [2.05, 4.69) is 0 Å². The predicted octanol–water partition coefficient (Wildman–Crippen LogP) is 7.39. The lowest BCUT2D eigenvalue weighted by atomic mass is 9.78. The Hall–Kier alpha value is -3.89. The van der Waals surface area contributed by atoms with Crippen molar-refractivity contribution < 1.29 is 40.6 Å². The first-order valence-corrected chi connectivity index (χ1v) is 13.7. The zero-order chi connectivity index (χ0) is 29.8. The van der Waals surface area contributed by atoms with Crippen LogP contribution >= 0.6 is 0 Å². The summed E-state index contributed by atoms with van der Waals surface area (Å²) in [6.45, 7) is -1.75. The third kappa shape index (κ3) is 5.36. The largest absolute Gasteiger partial charge is 0.465 e. The molecule has 0 N–H and O–H groups in total. The lowest BCUT2D eigenvalue weighted by molar-refractivity contribution is -0.120. The van der Waals surface area contributed by atoms with Crippen LogP contribution in [0.4, 0.5) is 37.7 Å². The highest BCUT2D eigenvalue weighted by Gasteiger charge is 2.38. The minimum atomic E-state index is -4.40. The number of hydrogen-bond acceptors (Lipinski definition) is 5. The maximum Gasteiger partial charge on any atom is 0.405 e. The fourth-order valence-electron chi connectivity index (χ4n) is 6.47. The Morgan fingerprint density at radius 1 is 0.810 bits per heavy atom. The van der Waals surface area contributed by atoms with E-state index in [1.807, 2.05) is 12.1 Å². The number of alkyl halides is 6. The van der Waals surface area contributed by atoms with Crippen LogP contribution < -0.4 is 14.5 Å². The summed E-state index contributed by atoms with van der Waals surface area (Å²) in [7, 11) is 1.28. The van der Waals surface area contributed by atoms with Crippen LogP contribution in [0, 0.1) is 0 Å². The SMILES string of the molecule is COC(=O)c1ccccc1C1c2cc3c(cc2Oc2cc4c(cc21)CCCN4CC(F)(F)F)N(CC(F)(F)F)CCC3. The number of rotatable bonds is 4. The molecule has 6 rings (SSSR count). The van der Waals surface area contributed by atoms with E-state index < -0.39 is 37.3 Å². The van der Waals surface area contributed by atoms with Gasteiger partial charge in [0.15, 0.2) is 0 Å². The van der Waals surface area contributed by atoms with Gasteiger partial charge in [-0.2, -0.15) is 26.3 Å². The maximum absolute atomic E-state index is 13.4. The Morgan fingerprint density at radius 2 is 1.31 bits per heavy atom. The average molecular weight is 591 g/mol. The number of esters is 1. The zero-order valence-electron chi connectivity index (χ0n) is 22.7. The Balaban J connectivity index is 1.54. The molecule has 0 saturated carbocycles. The molecule has 3 heterocycles. The van der Waals surface area contributed by atoms with Crippen molar-refractivity contribution >= 4 is 17.3 Å². The van der Waals surface area contributed by atoms with E-state index in [9.17, 15) is 31.1 Å². The van der Waals surface area contributed by atoms with Gasteiger partial charge >= 0.3 is 18.3 Å². The van der Waals surface area contributed by atoms with Gasteiger partial charge in [0.25, 0.3) is 0 Å². The molecule has 5 nitrogen and oxygen atoms in total. The molecule has 0 unspecified atom stereocenters. The molecular weight excluding hydrogens is 562 g/mol. The Morgan fingerprint density at radius 3 is 1.79 bits per heavy atom. The average Bonchev–Trinajstić information content (AvgIpc) is 2.92. The van der Waals surface area contributed by atoms with Gasteiger partial charge in [-0.05, 0) is 60.6 Å². The Bertz CT molecular complexity index is 1450. The molecule has 0 spiro atoms. The van der Waals surface area contributed by atoms with Crippen molar-refractivity contribution in [2.45, 2.75) is 44.0 Å². The molecule has 0 aliphatic carbocycles. The number of anilines is 2. The molecule has 0 amide bonds. The summed E-state index contributed by atoms with van der Waals surface area (Å²) in [5.41, 5.74) is 4.59. The highest BCUT2D eigenvalue weighted by Crippen LogP contribution is 2.52. The highest BCUT2D eigenvalue weighted by atomic mass is 19.4. The first-order valence-electron chi connectivity index (χ1n) is 13.7. The quantitative estimate of drug-likeness (QED) is 0.183. The third-order valence-electron chi connectivity index (χ3n) is 8.11. The Labute approximate surface area is 238 Å². The molecule has 0 aromatic heterocycles. The second-order valence-corrected chi connectivity index (χ2v) is 10.9. The van der Waals surface area contributed by atoms with Crippen molar-refractivity contribution in [1.29, 1.82) is 0 Å². The summed E-state index contributed by atoms with van der Waals surface area (Å²) in [5, 5.41) is 0. The molecule has 0 saturated heterocycles. The van der Waals surface area contributed by atoms with E-state index in [1.54, 1.807) is 36.4 Å². The molecule has 3 aromatic rings. The molecule has 42 heavy (non-hydrogen) atoms. The minimum Gasteiger partial charge on any atom is -0.465 e. The second kappa shape index (κ2) is 10.4. The van der Waals surface area contributed by atoms with Crippen LogP contribution in [0.3, 0.4) is 0 Å². The topological polar surface area (TPSA) is 42.0 Å². The number of carbonyl (C=O) groups excluding carboxylic acids is 1. The number of ether oxygens (including phenoxy) is 2. The van der Waals surface area contributed by atoms with Crippen molar-refractivity contribution in [3.63, 3.8) is 0 Å². The molecular formula is C31H28F6N2O3. The second-order valence-electron chi connectivity index (χ2n) is 10.9. The minimum absolute atomic E-state index is 0.233. The van der Waals surface area contributed by atoms with Crippen LogP contribution in [0.25, 0.3) is 0 Å². The fraction of sp³-hybridized carbons (Fsp3) is 0.387. The number of nitrogens with zero attached hydrogens (tertiary/aromatic N) is 2. The number of aryl methyl sites for hydroxylation is 2. The number of methoxy groups -OCH3 is 1. The number of carbonyl (C=O) groups is 1. The van der Waals surface area contributed by atoms with Crippen LogP contribution in [0.5, 0.6) is 11.5 Å². The maximum atomic E-state index is 13.4. The van der Waals surface area contributed by atoms with Gasteiger partial charge in [-0.15, -0.1) is 0 Å². The van der Waals surface area contributed by atoms with Crippen molar-refractivity contribution in [1.82, 2.24) is 0 Å². The predicted molar refractivity (Wildman–Crippen MR) is 145 cm³/mol. The van der Waals surface area contributed by atoms with Crippen LogP contribution in [0.1, 0.15) is 56.9 Å². The smallest absolute Gasteiger partial charge is 0.405 e. The number of benzene rings is 3. The van der Waals surface area contributed by atoms with E-state index in [4.69, 9.17) is 9.47 Å². The van der Waals surface area contributed by atoms with E-state index >= 15 is 0 Å². The van der Waals surface area contributed by atoms with Crippen LogP contribution in [0.15, 0.2) is 48.5 Å². The summed E-state index contributed by atoms with van der Waals surface area (Å²) in [5.74, 6) is -0.509. The van der Waals surface area contributed by atoms with E-state index in [0.717, 1.165) is 11.1 Å². The summed E-state index contributed by atoms with van der Waals surface area (Å²) >= 11 is 0. The first kappa shape index (κ1) is 28.2. The van der Waals surface area contributed by atoms with Gasteiger partial charge in [0, 0.05) is 53.6 Å². The fourth-order valence-corrected chi connectivity index (χ4v) is 6.47.